The number of ketones is 1. The molecule has 1 aromatic carbocycles. The lowest BCUT2D eigenvalue weighted by atomic mass is 9.82. The Morgan fingerprint density at radius 2 is 1.81 bits per heavy atom. The maximum absolute atomic E-state index is 11.3. The standard InChI is InChI=1S/C13H13ClO2/c14-13(16)12-4-2-1-3-11(12)9-5-7-10(15)8-6-9/h1-4,9H,5-8H2. The number of hydrogen-bond donors (Lipinski definition) is 0. The van der Waals surface area contributed by atoms with Crippen molar-refractivity contribution >= 4 is 22.6 Å². The van der Waals surface area contributed by atoms with E-state index in [1.165, 1.54) is 0 Å². The molecule has 0 saturated heterocycles. The first-order valence-corrected chi connectivity index (χ1v) is 5.86. The van der Waals surface area contributed by atoms with E-state index in [1.807, 2.05) is 18.2 Å². The van der Waals surface area contributed by atoms with Gasteiger partial charge < -0.3 is 0 Å². The number of halogens is 1. The molecule has 0 spiro atoms. The predicted molar refractivity (Wildman–Crippen MR) is 62.8 cm³/mol. The number of carbonyl (C=O) groups is 2. The summed E-state index contributed by atoms with van der Waals surface area (Å²) in [7, 11) is 0. The minimum atomic E-state index is -0.410. The van der Waals surface area contributed by atoms with Gasteiger partial charge in [-0.15, -0.1) is 0 Å². The van der Waals surface area contributed by atoms with Gasteiger partial charge in [-0.25, -0.2) is 0 Å². The normalized spacial score (nSPS) is 17.4. The van der Waals surface area contributed by atoms with Crippen LogP contribution >= 0.6 is 11.6 Å². The minimum absolute atomic E-state index is 0.302. The molecule has 16 heavy (non-hydrogen) atoms. The molecular formula is C13H13ClO2. The van der Waals surface area contributed by atoms with E-state index in [9.17, 15) is 9.59 Å². The van der Waals surface area contributed by atoms with Crippen LogP contribution in [0.25, 0.3) is 0 Å². The van der Waals surface area contributed by atoms with Crippen LogP contribution in [-0.2, 0) is 4.79 Å². The van der Waals surface area contributed by atoms with Crippen LogP contribution in [0.15, 0.2) is 24.3 Å². The zero-order valence-electron chi connectivity index (χ0n) is 8.91. The van der Waals surface area contributed by atoms with Crippen molar-refractivity contribution in [1.82, 2.24) is 0 Å². The molecule has 1 fully saturated rings. The first-order valence-electron chi connectivity index (χ1n) is 5.49. The summed E-state index contributed by atoms with van der Waals surface area (Å²) >= 11 is 5.55. The largest absolute Gasteiger partial charge is 0.300 e. The third-order valence-corrected chi connectivity index (χ3v) is 3.36. The SMILES string of the molecule is O=C1CCC(c2ccccc2C(=O)Cl)CC1. The van der Waals surface area contributed by atoms with Crippen molar-refractivity contribution in [3.63, 3.8) is 0 Å². The molecule has 2 rings (SSSR count). The Hall–Kier alpha value is -1.15. The molecule has 3 heteroatoms. The van der Waals surface area contributed by atoms with Crippen molar-refractivity contribution in [2.24, 2.45) is 0 Å². The third-order valence-electron chi connectivity index (χ3n) is 3.16. The molecule has 84 valence electrons. The Kier molecular flexibility index (Phi) is 3.39. The highest BCUT2D eigenvalue weighted by Gasteiger charge is 2.23. The average molecular weight is 237 g/mol. The van der Waals surface area contributed by atoms with E-state index >= 15 is 0 Å². The van der Waals surface area contributed by atoms with E-state index in [0.29, 0.717) is 30.1 Å². The van der Waals surface area contributed by atoms with Gasteiger partial charge in [0, 0.05) is 18.4 Å². The highest BCUT2D eigenvalue weighted by Crippen LogP contribution is 2.33. The molecule has 0 bridgehead atoms. The lowest BCUT2D eigenvalue weighted by Crippen LogP contribution is -2.14. The van der Waals surface area contributed by atoms with Gasteiger partial charge in [0.1, 0.15) is 5.78 Å². The van der Waals surface area contributed by atoms with E-state index < -0.39 is 5.24 Å². The fraction of sp³-hybridized carbons (Fsp3) is 0.385. The number of carbonyl (C=O) groups excluding carboxylic acids is 2. The highest BCUT2D eigenvalue weighted by atomic mass is 35.5. The van der Waals surface area contributed by atoms with E-state index in [-0.39, 0.29) is 0 Å². The molecule has 0 amide bonds. The van der Waals surface area contributed by atoms with Crippen molar-refractivity contribution in [3.8, 4) is 0 Å². The number of hydrogen-bond acceptors (Lipinski definition) is 2. The molecule has 0 unspecified atom stereocenters. The number of rotatable bonds is 2. The molecule has 0 atom stereocenters. The molecule has 0 N–H and O–H groups in total. The smallest absolute Gasteiger partial charge is 0.252 e. The zero-order chi connectivity index (χ0) is 11.5. The average Bonchev–Trinajstić information content (AvgIpc) is 2.30. The molecule has 2 nitrogen and oxygen atoms in total. The van der Waals surface area contributed by atoms with Gasteiger partial charge in [-0.3, -0.25) is 9.59 Å². The maximum Gasteiger partial charge on any atom is 0.252 e. The summed E-state index contributed by atoms with van der Waals surface area (Å²) in [5.41, 5.74) is 1.58. The Morgan fingerprint density at radius 1 is 1.19 bits per heavy atom. The summed E-state index contributed by atoms with van der Waals surface area (Å²) in [5, 5.41) is -0.410. The second kappa shape index (κ2) is 4.79. The molecular weight excluding hydrogens is 224 g/mol. The Bertz CT molecular complexity index is 416. The van der Waals surface area contributed by atoms with Gasteiger partial charge in [-0.05, 0) is 42.0 Å². The summed E-state index contributed by atoms with van der Waals surface area (Å²) in [6.45, 7) is 0. The van der Waals surface area contributed by atoms with Crippen LogP contribution in [-0.4, -0.2) is 11.0 Å². The van der Waals surface area contributed by atoms with Gasteiger partial charge in [0.2, 0.25) is 0 Å². The van der Waals surface area contributed by atoms with Crippen LogP contribution in [0, 0.1) is 0 Å². The van der Waals surface area contributed by atoms with Crippen LogP contribution in [0.5, 0.6) is 0 Å². The van der Waals surface area contributed by atoms with Crippen LogP contribution in [0.1, 0.15) is 47.5 Å². The van der Waals surface area contributed by atoms with Crippen molar-refractivity contribution in [1.29, 1.82) is 0 Å². The Labute approximate surface area is 99.6 Å². The van der Waals surface area contributed by atoms with Crippen LogP contribution in [0.4, 0.5) is 0 Å². The Morgan fingerprint density at radius 3 is 2.44 bits per heavy atom. The van der Waals surface area contributed by atoms with Crippen molar-refractivity contribution in [3.05, 3.63) is 35.4 Å². The monoisotopic (exact) mass is 236 g/mol. The number of benzene rings is 1. The first-order chi connectivity index (χ1) is 7.68. The molecule has 0 aliphatic heterocycles. The van der Waals surface area contributed by atoms with Crippen LogP contribution < -0.4 is 0 Å². The first kappa shape index (κ1) is 11.3. The predicted octanol–water partition coefficient (Wildman–Crippen LogP) is 3.29. The van der Waals surface area contributed by atoms with E-state index in [0.717, 1.165) is 18.4 Å². The van der Waals surface area contributed by atoms with E-state index in [2.05, 4.69) is 0 Å². The fourth-order valence-corrected chi connectivity index (χ4v) is 2.45. The molecule has 1 aliphatic carbocycles. The van der Waals surface area contributed by atoms with Gasteiger partial charge in [0.05, 0.1) is 0 Å². The van der Waals surface area contributed by atoms with E-state index in [4.69, 9.17) is 11.6 Å². The third kappa shape index (κ3) is 2.33. The second-order valence-electron chi connectivity index (χ2n) is 4.17. The zero-order valence-corrected chi connectivity index (χ0v) is 9.67. The van der Waals surface area contributed by atoms with Crippen LogP contribution in [0.3, 0.4) is 0 Å². The van der Waals surface area contributed by atoms with Gasteiger partial charge in [0.25, 0.3) is 5.24 Å². The fourth-order valence-electron chi connectivity index (χ4n) is 2.28. The highest BCUT2D eigenvalue weighted by molar-refractivity contribution is 6.67. The van der Waals surface area contributed by atoms with Gasteiger partial charge in [-0.2, -0.15) is 0 Å². The molecule has 1 saturated carbocycles. The lowest BCUT2D eigenvalue weighted by Gasteiger charge is -2.22. The molecule has 0 heterocycles. The molecule has 0 aromatic heterocycles. The summed E-state index contributed by atoms with van der Waals surface area (Å²) in [4.78, 5) is 22.4. The quantitative estimate of drug-likeness (QED) is 0.739. The topological polar surface area (TPSA) is 34.1 Å². The van der Waals surface area contributed by atoms with Crippen molar-refractivity contribution in [2.45, 2.75) is 31.6 Å². The van der Waals surface area contributed by atoms with Crippen LogP contribution in [0.2, 0.25) is 0 Å². The Balaban J connectivity index is 2.26. The van der Waals surface area contributed by atoms with E-state index in [1.54, 1.807) is 6.07 Å². The summed E-state index contributed by atoms with van der Waals surface area (Å²) < 4.78 is 0. The second-order valence-corrected chi connectivity index (χ2v) is 4.52. The minimum Gasteiger partial charge on any atom is -0.300 e. The molecule has 0 radical (unpaired) electrons. The summed E-state index contributed by atoms with van der Waals surface area (Å²) in [6, 6.07) is 7.42. The van der Waals surface area contributed by atoms with Crippen molar-refractivity contribution in [2.75, 3.05) is 0 Å². The van der Waals surface area contributed by atoms with Gasteiger partial charge >= 0.3 is 0 Å². The number of Topliss-reactive ketones (excluding diaryl/α,β-unsaturated/α-hetero) is 1. The van der Waals surface area contributed by atoms with Gasteiger partial charge in [0.15, 0.2) is 0 Å². The molecule has 1 aromatic rings. The summed E-state index contributed by atoms with van der Waals surface area (Å²) in [6.07, 6.45) is 2.91. The summed E-state index contributed by atoms with van der Waals surface area (Å²) in [5.74, 6) is 0.627. The maximum atomic E-state index is 11.3. The van der Waals surface area contributed by atoms with Gasteiger partial charge in [-0.1, -0.05) is 18.2 Å². The molecule has 1 aliphatic rings. The lowest BCUT2D eigenvalue weighted by molar-refractivity contribution is -0.120. The van der Waals surface area contributed by atoms with Crippen molar-refractivity contribution < 1.29 is 9.59 Å².